The second kappa shape index (κ2) is 10.5. The molecule has 1 heterocycles. The van der Waals surface area contributed by atoms with E-state index in [9.17, 15) is 9.18 Å². The second-order valence-corrected chi connectivity index (χ2v) is 9.24. The Bertz CT molecular complexity index is 887. The Morgan fingerprint density at radius 3 is 2.28 bits per heavy atom. The number of hydrogen-bond acceptors (Lipinski definition) is 3. The van der Waals surface area contributed by atoms with Gasteiger partial charge in [-0.3, -0.25) is 9.69 Å². The summed E-state index contributed by atoms with van der Waals surface area (Å²) in [6, 6.07) is 16.4. The molecule has 1 unspecified atom stereocenters. The van der Waals surface area contributed by atoms with Crippen LogP contribution in [0.4, 0.5) is 15.8 Å². The predicted molar refractivity (Wildman–Crippen MR) is 129 cm³/mol. The minimum atomic E-state index is -0.264. The molecule has 1 N–H and O–H groups in total. The van der Waals surface area contributed by atoms with Crippen molar-refractivity contribution in [3.63, 3.8) is 0 Å². The van der Waals surface area contributed by atoms with Crippen LogP contribution in [0.1, 0.15) is 57.6 Å². The van der Waals surface area contributed by atoms with E-state index in [1.165, 1.54) is 30.9 Å². The lowest BCUT2D eigenvalue weighted by molar-refractivity contribution is -0.120. The number of nitrogens with zero attached hydrogens (tertiary/aromatic N) is 2. The number of anilines is 2. The van der Waals surface area contributed by atoms with Crippen LogP contribution in [0.25, 0.3) is 0 Å². The number of halogens is 1. The van der Waals surface area contributed by atoms with E-state index < -0.39 is 0 Å². The van der Waals surface area contributed by atoms with Gasteiger partial charge in [-0.25, -0.2) is 4.39 Å². The molecular weight excluding hydrogens is 401 g/mol. The zero-order valence-corrected chi connectivity index (χ0v) is 19.4. The molecule has 1 aliphatic heterocycles. The first-order valence-electron chi connectivity index (χ1n) is 12.2. The fourth-order valence-corrected chi connectivity index (χ4v) is 5.17. The molecule has 2 fully saturated rings. The summed E-state index contributed by atoms with van der Waals surface area (Å²) in [6.07, 6.45) is 5.52. The van der Waals surface area contributed by atoms with Gasteiger partial charge in [0.25, 0.3) is 0 Å². The predicted octanol–water partition coefficient (Wildman–Crippen LogP) is 5.86. The third kappa shape index (κ3) is 4.98. The smallest absolute Gasteiger partial charge is 0.227 e. The lowest BCUT2D eigenvalue weighted by Crippen LogP contribution is -2.50. The average Bonchev–Trinajstić information content (AvgIpc) is 2.78. The quantitative estimate of drug-likeness (QED) is 0.561. The van der Waals surface area contributed by atoms with Crippen molar-refractivity contribution >= 4 is 17.3 Å². The molecule has 0 radical (unpaired) electrons. The molecule has 2 aromatic rings. The molecule has 0 aromatic heterocycles. The van der Waals surface area contributed by atoms with E-state index in [1.807, 2.05) is 26.0 Å². The third-order valence-corrected chi connectivity index (χ3v) is 7.36. The van der Waals surface area contributed by atoms with E-state index in [2.05, 4.69) is 45.4 Å². The molecule has 1 saturated carbocycles. The molecule has 2 aliphatic rings. The number of amides is 1. The van der Waals surface area contributed by atoms with Crippen molar-refractivity contribution in [3.05, 3.63) is 59.9 Å². The highest BCUT2D eigenvalue weighted by Gasteiger charge is 2.34. The second-order valence-electron chi connectivity index (χ2n) is 9.24. The van der Waals surface area contributed by atoms with Gasteiger partial charge in [0.1, 0.15) is 5.82 Å². The molecule has 1 atom stereocenters. The van der Waals surface area contributed by atoms with Crippen LogP contribution in [0, 0.1) is 17.7 Å². The summed E-state index contributed by atoms with van der Waals surface area (Å²) in [4.78, 5) is 17.1. The first-order valence-corrected chi connectivity index (χ1v) is 12.2. The number of benzene rings is 2. The van der Waals surface area contributed by atoms with Gasteiger partial charge in [0, 0.05) is 43.8 Å². The fourth-order valence-electron chi connectivity index (χ4n) is 5.17. The third-order valence-electron chi connectivity index (χ3n) is 7.36. The van der Waals surface area contributed by atoms with Crippen LogP contribution in [-0.2, 0) is 4.79 Å². The summed E-state index contributed by atoms with van der Waals surface area (Å²) in [6.45, 7) is 7.50. The summed E-state index contributed by atoms with van der Waals surface area (Å²) >= 11 is 0. The molecule has 0 bridgehead atoms. The molecule has 0 spiro atoms. The van der Waals surface area contributed by atoms with Gasteiger partial charge in [-0.15, -0.1) is 0 Å². The van der Waals surface area contributed by atoms with Crippen molar-refractivity contribution in [1.82, 2.24) is 4.90 Å². The van der Waals surface area contributed by atoms with E-state index in [0.717, 1.165) is 44.9 Å². The van der Waals surface area contributed by atoms with E-state index >= 15 is 0 Å². The van der Waals surface area contributed by atoms with Crippen LogP contribution < -0.4 is 10.2 Å². The van der Waals surface area contributed by atoms with Gasteiger partial charge in [-0.1, -0.05) is 50.6 Å². The Balaban J connectivity index is 1.40. The van der Waals surface area contributed by atoms with Gasteiger partial charge >= 0.3 is 0 Å². The zero-order valence-electron chi connectivity index (χ0n) is 19.4. The number of piperazine rings is 1. The Morgan fingerprint density at radius 1 is 1.03 bits per heavy atom. The number of carbonyl (C=O) groups is 1. The van der Waals surface area contributed by atoms with Gasteiger partial charge < -0.3 is 10.2 Å². The van der Waals surface area contributed by atoms with Gasteiger partial charge in [0.2, 0.25) is 5.91 Å². The normalized spacial score (nSPS) is 18.4. The first kappa shape index (κ1) is 22.8. The van der Waals surface area contributed by atoms with Gasteiger partial charge in [0.05, 0.1) is 5.69 Å². The molecule has 2 aromatic carbocycles. The number of rotatable bonds is 8. The zero-order chi connectivity index (χ0) is 22.5. The van der Waals surface area contributed by atoms with E-state index in [1.54, 1.807) is 0 Å². The molecule has 4 rings (SSSR count). The van der Waals surface area contributed by atoms with Crippen molar-refractivity contribution in [1.29, 1.82) is 0 Å². The van der Waals surface area contributed by atoms with Crippen LogP contribution in [-0.4, -0.2) is 37.0 Å². The molecule has 1 aliphatic carbocycles. The highest BCUT2D eigenvalue weighted by atomic mass is 19.1. The summed E-state index contributed by atoms with van der Waals surface area (Å²) in [5.74, 6) is 0.413. The molecule has 172 valence electrons. The largest absolute Gasteiger partial charge is 0.367 e. The summed E-state index contributed by atoms with van der Waals surface area (Å²) < 4.78 is 15.0. The molecule has 4 nitrogen and oxygen atoms in total. The Hall–Kier alpha value is -2.40. The lowest BCUT2D eigenvalue weighted by atomic mass is 9.76. The standard InChI is InChI=1S/C27H36FN3O/c1-3-20(4-2)27(32)29-23-13-14-25(24(28)19-23)30-15-17-31(18-16-30)26(22-11-8-12-22)21-9-6-5-7-10-21/h5-7,9-10,13-14,19-20,22,26H,3-4,8,11-12,15-18H2,1-2H3,(H,29,32). The highest BCUT2D eigenvalue weighted by Crippen LogP contribution is 2.42. The fraction of sp³-hybridized carbons (Fsp3) is 0.519. The van der Waals surface area contributed by atoms with Crippen LogP contribution in [0.3, 0.4) is 0 Å². The first-order chi connectivity index (χ1) is 15.6. The van der Waals surface area contributed by atoms with E-state index in [4.69, 9.17) is 0 Å². The molecular formula is C27H36FN3O. The summed E-state index contributed by atoms with van der Waals surface area (Å²) in [5, 5.41) is 2.87. The molecule has 1 saturated heterocycles. The Kier molecular flexibility index (Phi) is 7.46. The highest BCUT2D eigenvalue weighted by molar-refractivity contribution is 5.92. The maximum atomic E-state index is 15.0. The van der Waals surface area contributed by atoms with Crippen LogP contribution in [0.5, 0.6) is 0 Å². The lowest BCUT2D eigenvalue weighted by Gasteiger charge is -2.45. The van der Waals surface area contributed by atoms with Crippen LogP contribution in [0.15, 0.2) is 48.5 Å². The van der Waals surface area contributed by atoms with Crippen LogP contribution >= 0.6 is 0 Å². The molecule has 5 heteroatoms. The van der Waals surface area contributed by atoms with E-state index in [-0.39, 0.29) is 17.6 Å². The SMILES string of the molecule is CCC(CC)C(=O)Nc1ccc(N2CCN(C(c3ccccc3)C3CCC3)CC2)c(F)c1. The Morgan fingerprint density at radius 2 is 1.72 bits per heavy atom. The Labute approximate surface area is 191 Å². The van der Waals surface area contributed by atoms with Gasteiger partial charge in [-0.2, -0.15) is 0 Å². The average molecular weight is 438 g/mol. The number of hydrogen-bond donors (Lipinski definition) is 1. The molecule has 1 amide bonds. The molecule has 32 heavy (non-hydrogen) atoms. The number of carbonyl (C=O) groups excluding carboxylic acids is 1. The summed E-state index contributed by atoms with van der Waals surface area (Å²) in [7, 11) is 0. The van der Waals surface area contributed by atoms with Crippen molar-refractivity contribution in [2.45, 2.75) is 52.0 Å². The van der Waals surface area contributed by atoms with Gasteiger partial charge in [0.15, 0.2) is 0 Å². The van der Waals surface area contributed by atoms with Crippen molar-refractivity contribution < 1.29 is 9.18 Å². The monoisotopic (exact) mass is 437 g/mol. The summed E-state index contributed by atoms with van der Waals surface area (Å²) in [5.41, 5.74) is 2.58. The maximum Gasteiger partial charge on any atom is 0.227 e. The maximum absolute atomic E-state index is 15.0. The minimum absolute atomic E-state index is 0.0287. The number of nitrogens with one attached hydrogen (secondary N) is 1. The van der Waals surface area contributed by atoms with E-state index in [0.29, 0.717) is 17.4 Å². The topological polar surface area (TPSA) is 35.6 Å². The van der Waals surface area contributed by atoms with Crippen molar-refractivity contribution in [3.8, 4) is 0 Å². The van der Waals surface area contributed by atoms with Gasteiger partial charge in [-0.05, 0) is 55.4 Å². The minimum Gasteiger partial charge on any atom is -0.367 e. The van der Waals surface area contributed by atoms with Crippen molar-refractivity contribution in [2.24, 2.45) is 11.8 Å². The van der Waals surface area contributed by atoms with Crippen molar-refractivity contribution in [2.75, 3.05) is 36.4 Å². The van der Waals surface area contributed by atoms with Crippen LogP contribution in [0.2, 0.25) is 0 Å².